The average Bonchev–Trinajstić information content (AvgIpc) is 2.92. The zero-order valence-corrected chi connectivity index (χ0v) is 14.3. The van der Waals surface area contributed by atoms with E-state index in [9.17, 15) is 13.2 Å². The third kappa shape index (κ3) is 4.81. The molecule has 2 rings (SSSR count). The van der Waals surface area contributed by atoms with E-state index in [2.05, 4.69) is 15.3 Å². The number of hydrogen-bond acceptors (Lipinski definition) is 4. The highest BCUT2D eigenvalue weighted by molar-refractivity contribution is 7.11. The molecule has 5 nitrogen and oxygen atoms in total. The van der Waals surface area contributed by atoms with Gasteiger partial charge >= 0.3 is 6.18 Å². The number of halogens is 3. The first-order valence-corrected chi connectivity index (χ1v) is 8.30. The number of rotatable bonds is 3. The van der Waals surface area contributed by atoms with E-state index >= 15 is 0 Å². The van der Waals surface area contributed by atoms with Crippen molar-refractivity contribution in [1.29, 1.82) is 0 Å². The van der Waals surface area contributed by atoms with Gasteiger partial charge in [-0.05, 0) is 13.8 Å². The van der Waals surface area contributed by atoms with Gasteiger partial charge < -0.3 is 10.2 Å². The molecule has 0 bridgehead atoms. The van der Waals surface area contributed by atoms with Crippen molar-refractivity contribution in [2.75, 3.05) is 33.2 Å². The third-order valence-corrected chi connectivity index (χ3v) is 4.83. The fourth-order valence-electron chi connectivity index (χ4n) is 2.50. The molecule has 0 amide bonds. The molecule has 1 aliphatic heterocycles. The standard InChI is InChI=1S/C14H22F3N5S/c1-10-8-19-12(23-10)9-20-13(18-3)22-6-4-21(5-7-22)11(2)14(15,16)17/h8,11H,4-7,9H2,1-3H3,(H,18,20). The number of nitrogens with one attached hydrogen (secondary N) is 1. The van der Waals surface area contributed by atoms with Crippen LogP contribution < -0.4 is 5.32 Å². The predicted molar refractivity (Wildman–Crippen MR) is 85.7 cm³/mol. The molecule has 1 aromatic rings. The second-order valence-corrected chi connectivity index (χ2v) is 6.83. The summed E-state index contributed by atoms with van der Waals surface area (Å²) >= 11 is 1.61. The first kappa shape index (κ1) is 18.0. The molecule has 1 fully saturated rings. The predicted octanol–water partition coefficient (Wildman–Crippen LogP) is 2.10. The highest BCUT2D eigenvalue weighted by Crippen LogP contribution is 2.25. The minimum absolute atomic E-state index is 0.373. The number of guanidine groups is 1. The highest BCUT2D eigenvalue weighted by atomic mass is 32.1. The van der Waals surface area contributed by atoms with E-state index in [1.807, 2.05) is 18.0 Å². The molecule has 0 saturated carbocycles. The molecular weight excluding hydrogens is 327 g/mol. The molecule has 0 radical (unpaired) electrons. The molecule has 1 unspecified atom stereocenters. The number of nitrogens with zero attached hydrogens (tertiary/aromatic N) is 4. The Balaban J connectivity index is 1.85. The van der Waals surface area contributed by atoms with Gasteiger partial charge in [-0.2, -0.15) is 13.2 Å². The van der Waals surface area contributed by atoms with Gasteiger partial charge in [-0.25, -0.2) is 4.98 Å². The Bertz CT molecular complexity index is 535. The van der Waals surface area contributed by atoms with Gasteiger partial charge in [0.1, 0.15) is 11.0 Å². The second-order valence-electron chi connectivity index (χ2n) is 5.51. The number of aromatic nitrogens is 1. The molecule has 0 aliphatic carbocycles. The highest BCUT2D eigenvalue weighted by Gasteiger charge is 2.41. The van der Waals surface area contributed by atoms with Gasteiger partial charge in [0.05, 0.1) is 6.54 Å². The molecule has 9 heteroatoms. The topological polar surface area (TPSA) is 43.8 Å². The van der Waals surface area contributed by atoms with Crippen molar-refractivity contribution in [1.82, 2.24) is 20.1 Å². The monoisotopic (exact) mass is 349 g/mol. The molecule has 130 valence electrons. The molecule has 1 N–H and O–H groups in total. The molecule has 1 aliphatic rings. The summed E-state index contributed by atoms with van der Waals surface area (Å²) in [7, 11) is 1.68. The summed E-state index contributed by atoms with van der Waals surface area (Å²) in [4.78, 5) is 13.1. The lowest BCUT2D eigenvalue weighted by Gasteiger charge is -2.39. The van der Waals surface area contributed by atoms with Crippen molar-refractivity contribution in [2.24, 2.45) is 4.99 Å². The lowest BCUT2D eigenvalue weighted by Crippen LogP contribution is -2.56. The van der Waals surface area contributed by atoms with Gasteiger partial charge in [0.25, 0.3) is 0 Å². The summed E-state index contributed by atoms with van der Waals surface area (Å²) in [6, 6.07) is -1.40. The van der Waals surface area contributed by atoms with E-state index in [4.69, 9.17) is 0 Å². The summed E-state index contributed by atoms with van der Waals surface area (Å²) in [6.07, 6.45) is -2.35. The van der Waals surface area contributed by atoms with Gasteiger partial charge in [-0.3, -0.25) is 9.89 Å². The number of piperazine rings is 1. The van der Waals surface area contributed by atoms with Crippen molar-refractivity contribution in [3.63, 3.8) is 0 Å². The normalized spacial score (nSPS) is 19.0. The number of aliphatic imine (C=N–C) groups is 1. The van der Waals surface area contributed by atoms with E-state index < -0.39 is 12.2 Å². The Morgan fingerprint density at radius 2 is 2.04 bits per heavy atom. The summed E-state index contributed by atoms with van der Waals surface area (Å²) in [6.45, 7) is 5.58. The Kier molecular flexibility index (Phi) is 5.85. The minimum Gasteiger partial charge on any atom is -0.350 e. The molecule has 1 atom stereocenters. The van der Waals surface area contributed by atoms with Crippen LogP contribution in [-0.4, -0.2) is 66.2 Å². The van der Waals surface area contributed by atoms with Crippen LogP contribution in [0.5, 0.6) is 0 Å². The summed E-state index contributed by atoms with van der Waals surface area (Å²) in [5.41, 5.74) is 0. The molecule has 1 aromatic heterocycles. The Morgan fingerprint density at radius 3 is 2.52 bits per heavy atom. The molecule has 2 heterocycles. The van der Waals surface area contributed by atoms with Gasteiger partial charge in [-0.1, -0.05) is 0 Å². The Morgan fingerprint density at radius 1 is 1.39 bits per heavy atom. The van der Waals surface area contributed by atoms with E-state index in [1.54, 1.807) is 18.4 Å². The Hall–Kier alpha value is -1.35. The van der Waals surface area contributed by atoms with Crippen molar-refractivity contribution in [2.45, 2.75) is 32.6 Å². The zero-order chi connectivity index (χ0) is 17.0. The van der Waals surface area contributed by atoms with Crippen molar-refractivity contribution in [3.8, 4) is 0 Å². The quantitative estimate of drug-likeness (QED) is 0.670. The van der Waals surface area contributed by atoms with Gasteiger partial charge in [0.2, 0.25) is 0 Å². The maximum Gasteiger partial charge on any atom is 0.403 e. The molecular formula is C14H22F3N5S. The lowest BCUT2D eigenvalue weighted by atomic mass is 10.2. The molecule has 1 saturated heterocycles. The SMILES string of the molecule is CN=C(NCc1ncc(C)s1)N1CCN(C(C)C(F)(F)F)CC1. The first-order chi connectivity index (χ1) is 10.8. The van der Waals surface area contributed by atoms with Crippen LogP contribution in [0.15, 0.2) is 11.2 Å². The second kappa shape index (κ2) is 7.48. The average molecular weight is 349 g/mol. The molecule has 23 heavy (non-hydrogen) atoms. The fraction of sp³-hybridized carbons (Fsp3) is 0.714. The third-order valence-electron chi connectivity index (χ3n) is 3.91. The van der Waals surface area contributed by atoms with Gasteiger partial charge in [-0.15, -0.1) is 11.3 Å². The number of thiazole rings is 1. The van der Waals surface area contributed by atoms with Crippen LogP contribution in [0.3, 0.4) is 0 Å². The van der Waals surface area contributed by atoms with Crippen molar-refractivity contribution < 1.29 is 13.2 Å². The maximum absolute atomic E-state index is 12.8. The largest absolute Gasteiger partial charge is 0.403 e. The lowest BCUT2D eigenvalue weighted by molar-refractivity contribution is -0.181. The van der Waals surface area contributed by atoms with E-state index in [1.165, 1.54) is 11.8 Å². The summed E-state index contributed by atoms with van der Waals surface area (Å²) < 4.78 is 38.3. The van der Waals surface area contributed by atoms with Crippen LogP contribution >= 0.6 is 11.3 Å². The van der Waals surface area contributed by atoms with E-state index in [-0.39, 0.29) is 0 Å². The van der Waals surface area contributed by atoms with E-state index in [0.29, 0.717) is 38.7 Å². The summed E-state index contributed by atoms with van der Waals surface area (Å²) in [5, 5.41) is 4.19. The maximum atomic E-state index is 12.8. The van der Waals surface area contributed by atoms with Crippen LogP contribution in [0, 0.1) is 6.92 Å². The number of aryl methyl sites for hydroxylation is 1. The Labute approximate surface area is 138 Å². The number of alkyl halides is 3. The van der Waals surface area contributed by atoms with E-state index in [0.717, 1.165) is 9.88 Å². The van der Waals surface area contributed by atoms with Crippen LogP contribution in [0.4, 0.5) is 13.2 Å². The summed E-state index contributed by atoms with van der Waals surface area (Å²) in [5.74, 6) is 0.706. The van der Waals surface area contributed by atoms with Crippen LogP contribution in [0.25, 0.3) is 0 Å². The van der Waals surface area contributed by atoms with Crippen LogP contribution in [0.1, 0.15) is 16.8 Å². The van der Waals surface area contributed by atoms with Gasteiger partial charge in [0.15, 0.2) is 5.96 Å². The van der Waals surface area contributed by atoms with Gasteiger partial charge in [0, 0.05) is 44.3 Å². The smallest absolute Gasteiger partial charge is 0.350 e. The van der Waals surface area contributed by atoms with Crippen LogP contribution in [-0.2, 0) is 6.54 Å². The minimum atomic E-state index is -4.18. The molecule has 0 aromatic carbocycles. The molecule has 0 spiro atoms. The number of hydrogen-bond donors (Lipinski definition) is 1. The first-order valence-electron chi connectivity index (χ1n) is 7.49. The van der Waals surface area contributed by atoms with Crippen LogP contribution in [0.2, 0.25) is 0 Å². The fourth-order valence-corrected chi connectivity index (χ4v) is 3.22. The van der Waals surface area contributed by atoms with Crippen molar-refractivity contribution in [3.05, 3.63) is 16.1 Å². The van der Waals surface area contributed by atoms with Crippen molar-refractivity contribution >= 4 is 17.3 Å². The zero-order valence-electron chi connectivity index (χ0n) is 13.5.